The molecule has 1 fully saturated rings. The van der Waals surface area contributed by atoms with Crippen molar-refractivity contribution in [1.29, 1.82) is 5.26 Å². The fourth-order valence-corrected chi connectivity index (χ4v) is 5.38. The van der Waals surface area contributed by atoms with Gasteiger partial charge >= 0.3 is 0 Å². The molecule has 1 saturated heterocycles. The topological polar surface area (TPSA) is 74.3 Å². The van der Waals surface area contributed by atoms with Crippen molar-refractivity contribution in [3.8, 4) is 23.3 Å². The van der Waals surface area contributed by atoms with E-state index >= 15 is 0 Å². The Morgan fingerprint density at radius 1 is 1.00 bits per heavy atom. The van der Waals surface area contributed by atoms with E-state index in [-0.39, 0.29) is 17.2 Å². The first kappa shape index (κ1) is 28.7. The van der Waals surface area contributed by atoms with Crippen LogP contribution < -0.4 is 10.1 Å². The molecule has 5 rings (SSSR count). The zero-order chi connectivity index (χ0) is 28.8. The van der Waals surface area contributed by atoms with Crippen LogP contribution in [-0.2, 0) is 12.0 Å². The second-order valence-electron chi connectivity index (χ2n) is 11.6. The molecule has 212 valence electrons. The summed E-state index contributed by atoms with van der Waals surface area (Å²) in [6.07, 6.45) is 3.67. The van der Waals surface area contributed by atoms with Gasteiger partial charge in [-0.2, -0.15) is 10.2 Å². The lowest BCUT2D eigenvalue weighted by Crippen LogP contribution is -2.37. The monoisotopic (exact) mass is 568 g/mol. The molecule has 1 aromatic heterocycles. The van der Waals surface area contributed by atoms with E-state index in [0.29, 0.717) is 35.7 Å². The van der Waals surface area contributed by atoms with Crippen LogP contribution in [0.15, 0.2) is 77.2 Å². The number of oxazole rings is 1. The summed E-state index contributed by atoms with van der Waals surface area (Å²) in [5.74, 6) is 1.50. The van der Waals surface area contributed by atoms with Gasteiger partial charge in [-0.3, -0.25) is 4.90 Å². The standard InChI is InChI=1S/C34H37ClN4O2/c1-34(2,3)27-15-11-24(12-16-27)31(39-19-7-4-8-20-39)22-37-33-30(21-36)38-32(41-33)25-13-17-28(18-14-25)40-23-26-9-5-6-10-29(26)35/h5-6,9-18,31,37H,4,7-8,19-20,22-23H2,1-3H3/t31-/m1/s1. The van der Waals surface area contributed by atoms with Crippen molar-refractivity contribution in [2.24, 2.45) is 0 Å². The Morgan fingerprint density at radius 3 is 2.37 bits per heavy atom. The lowest BCUT2D eigenvalue weighted by molar-refractivity contribution is 0.170. The van der Waals surface area contributed by atoms with Gasteiger partial charge < -0.3 is 14.5 Å². The van der Waals surface area contributed by atoms with Crippen LogP contribution in [0, 0.1) is 11.3 Å². The van der Waals surface area contributed by atoms with Crippen molar-refractivity contribution in [3.63, 3.8) is 0 Å². The van der Waals surface area contributed by atoms with Crippen molar-refractivity contribution in [2.45, 2.75) is 58.1 Å². The van der Waals surface area contributed by atoms with Crippen LogP contribution >= 0.6 is 11.6 Å². The van der Waals surface area contributed by atoms with Gasteiger partial charge in [-0.05, 0) is 72.8 Å². The highest BCUT2D eigenvalue weighted by Crippen LogP contribution is 2.31. The molecule has 1 atom stereocenters. The number of piperidine rings is 1. The van der Waals surface area contributed by atoms with E-state index in [4.69, 9.17) is 20.8 Å². The Labute approximate surface area is 247 Å². The highest BCUT2D eigenvalue weighted by Gasteiger charge is 2.25. The summed E-state index contributed by atoms with van der Waals surface area (Å²) >= 11 is 6.24. The number of nitrogens with one attached hydrogen (secondary N) is 1. The summed E-state index contributed by atoms with van der Waals surface area (Å²) in [4.78, 5) is 7.01. The number of nitrogens with zero attached hydrogens (tertiary/aromatic N) is 3. The van der Waals surface area contributed by atoms with Crippen LogP contribution in [0.1, 0.15) is 68.5 Å². The SMILES string of the molecule is CC(C)(C)c1ccc([C@@H](CNc2oc(-c3ccc(OCc4ccccc4Cl)cc3)nc2C#N)N2CCCCC2)cc1. The highest BCUT2D eigenvalue weighted by molar-refractivity contribution is 6.31. The average molecular weight is 569 g/mol. The largest absolute Gasteiger partial charge is 0.489 e. The quantitative estimate of drug-likeness (QED) is 0.218. The lowest BCUT2D eigenvalue weighted by atomic mass is 9.86. The summed E-state index contributed by atoms with van der Waals surface area (Å²) in [5, 5.41) is 13.9. The van der Waals surface area contributed by atoms with Crippen molar-refractivity contribution in [1.82, 2.24) is 9.88 Å². The second-order valence-corrected chi connectivity index (χ2v) is 12.0. The Morgan fingerprint density at radius 2 is 1.71 bits per heavy atom. The molecule has 41 heavy (non-hydrogen) atoms. The predicted octanol–water partition coefficient (Wildman–Crippen LogP) is 8.38. The molecule has 0 radical (unpaired) electrons. The van der Waals surface area contributed by atoms with Gasteiger partial charge in [0.2, 0.25) is 17.5 Å². The molecular weight excluding hydrogens is 532 g/mol. The summed E-state index contributed by atoms with van der Waals surface area (Å²) in [5.41, 5.74) is 4.63. The van der Waals surface area contributed by atoms with E-state index in [2.05, 4.69) is 66.3 Å². The fourth-order valence-electron chi connectivity index (χ4n) is 5.19. The zero-order valence-corrected chi connectivity index (χ0v) is 24.7. The smallest absolute Gasteiger partial charge is 0.232 e. The summed E-state index contributed by atoms with van der Waals surface area (Å²) in [6, 6.07) is 26.4. The number of benzene rings is 3. The normalized spacial score (nSPS) is 14.8. The molecule has 7 heteroatoms. The first-order valence-electron chi connectivity index (χ1n) is 14.3. The van der Waals surface area contributed by atoms with Crippen molar-refractivity contribution < 1.29 is 9.15 Å². The molecule has 0 amide bonds. The minimum absolute atomic E-state index is 0.106. The molecule has 0 spiro atoms. The fraction of sp³-hybridized carbons (Fsp3) is 0.353. The number of aromatic nitrogens is 1. The first-order valence-corrected chi connectivity index (χ1v) is 14.7. The number of halogens is 1. The van der Waals surface area contributed by atoms with Crippen LogP contribution in [0.25, 0.3) is 11.5 Å². The molecule has 0 bridgehead atoms. The second kappa shape index (κ2) is 12.8. The van der Waals surface area contributed by atoms with Gasteiger partial charge in [-0.15, -0.1) is 0 Å². The Hall–Kier alpha value is -3.79. The number of hydrogen-bond donors (Lipinski definition) is 1. The Bertz CT molecular complexity index is 1480. The minimum atomic E-state index is 0.106. The third kappa shape index (κ3) is 7.11. The molecule has 1 aliphatic heterocycles. The van der Waals surface area contributed by atoms with E-state index in [1.807, 2.05) is 48.5 Å². The van der Waals surface area contributed by atoms with Crippen LogP contribution in [0.3, 0.4) is 0 Å². The molecule has 0 unspecified atom stereocenters. The Kier molecular flexibility index (Phi) is 8.97. The first-order chi connectivity index (χ1) is 19.8. The summed E-state index contributed by atoms with van der Waals surface area (Å²) in [6.45, 7) is 9.82. The maximum Gasteiger partial charge on any atom is 0.232 e. The average Bonchev–Trinajstić information content (AvgIpc) is 3.41. The third-order valence-electron chi connectivity index (χ3n) is 7.64. The molecule has 1 N–H and O–H groups in total. The van der Waals surface area contributed by atoms with Gasteiger partial charge in [0.05, 0.1) is 6.04 Å². The predicted molar refractivity (Wildman–Crippen MR) is 164 cm³/mol. The van der Waals surface area contributed by atoms with E-state index in [0.717, 1.165) is 24.2 Å². The van der Waals surface area contributed by atoms with Gasteiger partial charge in [0.15, 0.2) is 0 Å². The minimum Gasteiger partial charge on any atom is -0.489 e. The highest BCUT2D eigenvalue weighted by atomic mass is 35.5. The summed E-state index contributed by atoms with van der Waals surface area (Å²) < 4.78 is 12.0. The van der Waals surface area contributed by atoms with E-state index < -0.39 is 0 Å². The van der Waals surface area contributed by atoms with E-state index in [9.17, 15) is 5.26 Å². The zero-order valence-electron chi connectivity index (χ0n) is 24.0. The molecule has 2 heterocycles. The van der Waals surface area contributed by atoms with Crippen molar-refractivity contribution in [3.05, 3.63) is 100 Å². The molecule has 0 saturated carbocycles. The molecule has 3 aromatic carbocycles. The van der Waals surface area contributed by atoms with Crippen LogP contribution in [-0.4, -0.2) is 29.5 Å². The number of likely N-dealkylation sites (tertiary alicyclic amines) is 1. The van der Waals surface area contributed by atoms with Gasteiger partial charge in [0.25, 0.3) is 0 Å². The maximum absolute atomic E-state index is 9.81. The molecule has 1 aliphatic rings. The number of ether oxygens (including phenoxy) is 1. The van der Waals surface area contributed by atoms with Gasteiger partial charge in [-0.1, -0.05) is 81.3 Å². The van der Waals surface area contributed by atoms with Crippen LogP contribution in [0.4, 0.5) is 5.88 Å². The van der Waals surface area contributed by atoms with Crippen LogP contribution in [0.5, 0.6) is 5.75 Å². The molecule has 0 aliphatic carbocycles. The Balaban J connectivity index is 1.29. The number of hydrogen-bond acceptors (Lipinski definition) is 6. The van der Waals surface area contributed by atoms with E-state index in [1.54, 1.807) is 0 Å². The van der Waals surface area contributed by atoms with Crippen molar-refractivity contribution in [2.75, 3.05) is 25.0 Å². The number of rotatable bonds is 9. The lowest BCUT2D eigenvalue weighted by Gasteiger charge is -2.35. The van der Waals surface area contributed by atoms with Crippen LogP contribution in [0.2, 0.25) is 5.02 Å². The van der Waals surface area contributed by atoms with Crippen molar-refractivity contribution >= 4 is 17.5 Å². The summed E-state index contributed by atoms with van der Waals surface area (Å²) in [7, 11) is 0. The van der Waals surface area contributed by atoms with Gasteiger partial charge in [0, 0.05) is 22.7 Å². The number of anilines is 1. The molecular formula is C34H37ClN4O2. The van der Waals surface area contributed by atoms with Gasteiger partial charge in [0.1, 0.15) is 18.4 Å². The number of nitriles is 1. The van der Waals surface area contributed by atoms with E-state index in [1.165, 1.54) is 30.4 Å². The third-order valence-corrected chi connectivity index (χ3v) is 8.00. The molecule has 4 aromatic rings. The molecule has 6 nitrogen and oxygen atoms in total. The maximum atomic E-state index is 9.81. The van der Waals surface area contributed by atoms with Gasteiger partial charge in [-0.25, -0.2) is 0 Å².